The van der Waals surface area contributed by atoms with Crippen molar-refractivity contribution in [2.45, 2.75) is 25.9 Å². The number of carbonyl (C=O) groups excluding carboxylic acids is 2. The van der Waals surface area contributed by atoms with Gasteiger partial charge in [0.2, 0.25) is 11.8 Å². The van der Waals surface area contributed by atoms with Gasteiger partial charge in [-0.3, -0.25) is 9.59 Å². The van der Waals surface area contributed by atoms with Gasteiger partial charge in [-0.1, -0.05) is 12.1 Å². The summed E-state index contributed by atoms with van der Waals surface area (Å²) in [4.78, 5) is 25.0. The molecule has 0 saturated heterocycles. The van der Waals surface area contributed by atoms with Crippen molar-refractivity contribution in [2.75, 3.05) is 18.0 Å². The van der Waals surface area contributed by atoms with E-state index in [-0.39, 0.29) is 30.6 Å². The third kappa shape index (κ3) is 6.37. The van der Waals surface area contributed by atoms with E-state index in [1.807, 2.05) is 0 Å². The highest BCUT2D eigenvalue weighted by molar-refractivity contribution is 5.92. The van der Waals surface area contributed by atoms with Crippen molar-refractivity contribution in [2.24, 2.45) is 0 Å². The first kappa shape index (κ1) is 21.4. The predicted octanol–water partition coefficient (Wildman–Crippen LogP) is 3.95. The lowest BCUT2D eigenvalue weighted by atomic mass is 10.1. The maximum atomic E-state index is 12.8. The number of amides is 2. The van der Waals surface area contributed by atoms with Crippen LogP contribution < -0.4 is 10.2 Å². The second kappa shape index (κ2) is 9.34. The van der Waals surface area contributed by atoms with Crippen molar-refractivity contribution >= 4 is 17.5 Å². The second-order valence-electron chi connectivity index (χ2n) is 6.19. The average Bonchev–Trinajstić information content (AvgIpc) is 2.63. The van der Waals surface area contributed by atoms with Crippen LogP contribution in [0.25, 0.3) is 0 Å². The molecule has 2 rings (SSSR count). The van der Waals surface area contributed by atoms with Gasteiger partial charge in [0.05, 0.1) is 5.56 Å². The molecule has 8 heteroatoms. The van der Waals surface area contributed by atoms with Crippen LogP contribution in [0.2, 0.25) is 0 Å². The summed E-state index contributed by atoms with van der Waals surface area (Å²) in [5.74, 6) is -1.00. The third-order valence-corrected chi connectivity index (χ3v) is 4.10. The number of hydrogen-bond donors (Lipinski definition) is 1. The summed E-state index contributed by atoms with van der Waals surface area (Å²) in [5.41, 5.74) is 0.356. The average molecular weight is 396 g/mol. The molecule has 0 aliphatic carbocycles. The van der Waals surface area contributed by atoms with E-state index < -0.39 is 11.7 Å². The van der Waals surface area contributed by atoms with Crippen molar-refractivity contribution < 1.29 is 27.2 Å². The van der Waals surface area contributed by atoms with Crippen molar-refractivity contribution in [1.82, 2.24) is 5.32 Å². The lowest BCUT2D eigenvalue weighted by Gasteiger charge is -2.21. The normalized spacial score (nSPS) is 11.2. The largest absolute Gasteiger partial charge is 0.416 e. The fraction of sp³-hybridized carbons (Fsp3) is 0.300. The predicted molar refractivity (Wildman–Crippen MR) is 97.2 cm³/mol. The Bertz CT molecular complexity index is 802. The highest BCUT2D eigenvalue weighted by Gasteiger charge is 2.30. The molecule has 2 amide bonds. The summed E-state index contributed by atoms with van der Waals surface area (Å²) in [6, 6.07) is 10.1. The quantitative estimate of drug-likeness (QED) is 0.721. The maximum Gasteiger partial charge on any atom is 0.416 e. The Labute approximate surface area is 160 Å². The molecule has 2 aromatic rings. The minimum atomic E-state index is -4.45. The summed E-state index contributed by atoms with van der Waals surface area (Å²) in [5, 5.41) is 2.70. The van der Waals surface area contributed by atoms with Crippen LogP contribution in [0.15, 0.2) is 48.5 Å². The van der Waals surface area contributed by atoms with Gasteiger partial charge >= 0.3 is 6.18 Å². The number of benzene rings is 2. The lowest BCUT2D eigenvalue weighted by Crippen LogP contribution is -2.34. The first-order valence-electron chi connectivity index (χ1n) is 8.63. The Balaban J connectivity index is 1.86. The van der Waals surface area contributed by atoms with Gasteiger partial charge in [0.25, 0.3) is 0 Å². The molecule has 0 unspecified atom stereocenters. The van der Waals surface area contributed by atoms with Crippen LogP contribution in [-0.2, 0) is 22.2 Å². The van der Waals surface area contributed by atoms with Gasteiger partial charge in [-0.05, 0) is 48.4 Å². The number of alkyl halides is 3. The molecule has 0 fully saturated rings. The molecule has 0 radical (unpaired) electrons. The van der Waals surface area contributed by atoms with Gasteiger partial charge in [0, 0.05) is 32.1 Å². The van der Waals surface area contributed by atoms with Crippen LogP contribution in [0.5, 0.6) is 0 Å². The molecule has 0 bridgehead atoms. The molecule has 4 nitrogen and oxygen atoms in total. The Kier molecular flexibility index (Phi) is 7.14. The van der Waals surface area contributed by atoms with E-state index in [2.05, 4.69) is 5.32 Å². The van der Waals surface area contributed by atoms with Gasteiger partial charge < -0.3 is 10.2 Å². The smallest absolute Gasteiger partial charge is 0.356 e. The molecule has 0 aromatic heterocycles. The molecule has 28 heavy (non-hydrogen) atoms. The van der Waals surface area contributed by atoms with Crippen molar-refractivity contribution in [3.05, 3.63) is 65.5 Å². The van der Waals surface area contributed by atoms with E-state index in [1.54, 1.807) is 12.1 Å². The van der Waals surface area contributed by atoms with E-state index in [4.69, 9.17) is 0 Å². The number of hydrogen-bond acceptors (Lipinski definition) is 2. The molecule has 0 spiro atoms. The molecular formula is C20H20F4N2O2. The van der Waals surface area contributed by atoms with Gasteiger partial charge in [-0.25, -0.2) is 4.39 Å². The van der Waals surface area contributed by atoms with Crippen molar-refractivity contribution in [3.63, 3.8) is 0 Å². The van der Waals surface area contributed by atoms with Gasteiger partial charge in [-0.15, -0.1) is 0 Å². The van der Waals surface area contributed by atoms with E-state index in [9.17, 15) is 27.2 Å². The third-order valence-electron chi connectivity index (χ3n) is 4.10. The van der Waals surface area contributed by atoms with Gasteiger partial charge in [0.15, 0.2) is 0 Å². The summed E-state index contributed by atoms with van der Waals surface area (Å²) >= 11 is 0. The molecule has 1 N–H and O–H groups in total. The molecular weight excluding hydrogens is 376 g/mol. The fourth-order valence-corrected chi connectivity index (χ4v) is 2.60. The minimum Gasteiger partial charge on any atom is -0.356 e. The number of nitrogens with one attached hydrogen (secondary N) is 1. The fourth-order valence-electron chi connectivity index (χ4n) is 2.60. The number of anilines is 1. The highest BCUT2D eigenvalue weighted by atomic mass is 19.4. The Morgan fingerprint density at radius 1 is 1.00 bits per heavy atom. The van der Waals surface area contributed by atoms with E-state index in [0.29, 0.717) is 18.7 Å². The number of nitrogens with zero attached hydrogens (tertiary/aromatic N) is 1. The molecule has 0 saturated carbocycles. The SMILES string of the molecule is CC(=O)N(CCC(=O)NCCc1ccc(F)cc1)c1ccc(C(F)(F)F)cc1. The first-order valence-corrected chi connectivity index (χ1v) is 8.63. The maximum absolute atomic E-state index is 12.8. The molecule has 2 aromatic carbocycles. The molecule has 0 atom stereocenters. The highest BCUT2D eigenvalue weighted by Crippen LogP contribution is 2.30. The van der Waals surface area contributed by atoms with Crippen LogP contribution >= 0.6 is 0 Å². The lowest BCUT2D eigenvalue weighted by molar-refractivity contribution is -0.137. The zero-order valence-electron chi connectivity index (χ0n) is 15.2. The zero-order valence-corrected chi connectivity index (χ0v) is 15.2. The van der Waals surface area contributed by atoms with E-state index >= 15 is 0 Å². The van der Waals surface area contributed by atoms with Crippen LogP contribution in [0.3, 0.4) is 0 Å². The monoisotopic (exact) mass is 396 g/mol. The second-order valence-corrected chi connectivity index (χ2v) is 6.19. The zero-order chi connectivity index (χ0) is 20.7. The summed E-state index contributed by atoms with van der Waals surface area (Å²) in [7, 11) is 0. The number of rotatable bonds is 7. The summed E-state index contributed by atoms with van der Waals surface area (Å²) < 4.78 is 50.8. The van der Waals surface area contributed by atoms with Gasteiger partial charge in [-0.2, -0.15) is 13.2 Å². The first-order chi connectivity index (χ1) is 13.2. The molecule has 0 heterocycles. The van der Waals surface area contributed by atoms with Crippen LogP contribution in [-0.4, -0.2) is 24.9 Å². The van der Waals surface area contributed by atoms with Crippen LogP contribution in [0.4, 0.5) is 23.2 Å². The number of halogens is 4. The molecule has 150 valence electrons. The number of carbonyl (C=O) groups is 2. The van der Waals surface area contributed by atoms with E-state index in [0.717, 1.165) is 17.7 Å². The minimum absolute atomic E-state index is 0.00399. The molecule has 0 aliphatic heterocycles. The summed E-state index contributed by atoms with van der Waals surface area (Å²) in [6.45, 7) is 1.68. The van der Waals surface area contributed by atoms with Crippen molar-refractivity contribution in [1.29, 1.82) is 0 Å². The van der Waals surface area contributed by atoms with Crippen molar-refractivity contribution in [3.8, 4) is 0 Å². The molecule has 0 aliphatic rings. The standard InChI is InChI=1S/C20H20F4N2O2/c1-14(27)26(18-8-4-16(5-9-18)20(22,23)24)13-11-19(28)25-12-10-15-2-6-17(21)7-3-15/h2-9H,10-13H2,1H3,(H,25,28). The Morgan fingerprint density at radius 3 is 2.14 bits per heavy atom. The Morgan fingerprint density at radius 2 is 1.61 bits per heavy atom. The topological polar surface area (TPSA) is 49.4 Å². The van der Waals surface area contributed by atoms with E-state index in [1.165, 1.54) is 36.1 Å². The summed E-state index contributed by atoms with van der Waals surface area (Å²) in [6.07, 6.45) is -3.92. The van der Waals surface area contributed by atoms with Crippen LogP contribution in [0, 0.1) is 5.82 Å². The van der Waals surface area contributed by atoms with Gasteiger partial charge in [0.1, 0.15) is 5.82 Å². The Hall–Kier alpha value is -2.90. The van der Waals surface area contributed by atoms with Crippen LogP contribution in [0.1, 0.15) is 24.5 Å².